The summed E-state index contributed by atoms with van der Waals surface area (Å²) in [6.45, 7) is 15.2. The quantitative estimate of drug-likeness (QED) is 0.220. The van der Waals surface area contributed by atoms with E-state index in [1.807, 2.05) is 60.7 Å². The number of ether oxygens (including phenoxy) is 4. The molecule has 16 atom stereocenters. The normalized spacial score (nSPS) is 47.1. The number of hydrogen-bond acceptors (Lipinski definition) is 7. The molecule has 7 nitrogen and oxygen atoms in total. The van der Waals surface area contributed by atoms with E-state index in [9.17, 15) is 10.2 Å². The van der Waals surface area contributed by atoms with Crippen molar-refractivity contribution in [3.05, 3.63) is 83.4 Å². The number of benzene rings is 2. The fourth-order valence-corrected chi connectivity index (χ4v) is 14.6. The van der Waals surface area contributed by atoms with Crippen LogP contribution in [0.5, 0.6) is 0 Å². The molecule has 56 heavy (non-hydrogen) atoms. The Balaban J connectivity index is 0.876. The average molecular weight is 768 g/mol. The molecule has 2 aromatic rings. The lowest BCUT2D eigenvalue weighted by atomic mass is 9.41. The van der Waals surface area contributed by atoms with Gasteiger partial charge in [0.1, 0.15) is 24.4 Å². The van der Waals surface area contributed by atoms with E-state index >= 15 is 0 Å². The van der Waals surface area contributed by atoms with Gasteiger partial charge in [-0.15, -0.1) is 0 Å². The fourth-order valence-electron chi connectivity index (χ4n) is 14.6. The second kappa shape index (κ2) is 15.2. The van der Waals surface area contributed by atoms with Crippen LogP contribution in [-0.2, 0) is 32.2 Å². The molecule has 306 valence electrons. The predicted octanol–water partition coefficient (Wildman–Crippen LogP) is 8.61. The Kier molecular flexibility index (Phi) is 10.7. The molecule has 6 fully saturated rings. The Morgan fingerprint density at radius 1 is 0.821 bits per heavy atom. The average Bonchev–Trinajstić information content (AvgIpc) is 3.65. The minimum absolute atomic E-state index is 0.0827. The number of fused-ring (bicyclic) bond motifs is 7. The molecule has 7 heteroatoms. The van der Waals surface area contributed by atoms with Crippen molar-refractivity contribution in [1.82, 2.24) is 5.32 Å². The van der Waals surface area contributed by atoms with E-state index in [4.69, 9.17) is 18.9 Å². The topological polar surface area (TPSA) is 89.4 Å². The minimum Gasteiger partial charge on any atom is -0.387 e. The molecule has 0 aromatic heterocycles. The van der Waals surface area contributed by atoms with Crippen molar-refractivity contribution >= 4 is 0 Å². The molecular weight excluding hydrogens is 699 g/mol. The van der Waals surface area contributed by atoms with Gasteiger partial charge in [0.2, 0.25) is 0 Å². The number of allylic oxidation sites excluding steroid dienone is 1. The lowest BCUT2D eigenvalue weighted by Crippen LogP contribution is -2.61. The third-order valence-corrected chi connectivity index (χ3v) is 17.5. The lowest BCUT2D eigenvalue weighted by Gasteiger charge is -2.64. The fraction of sp³-hybridized carbons (Fsp3) is 0.714. The molecule has 0 unspecified atom stereocenters. The monoisotopic (exact) mass is 768 g/mol. The molecule has 9 rings (SSSR count). The van der Waals surface area contributed by atoms with Crippen molar-refractivity contribution in [2.45, 2.75) is 154 Å². The van der Waals surface area contributed by atoms with E-state index in [0.29, 0.717) is 35.5 Å². The van der Waals surface area contributed by atoms with Gasteiger partial charge in [0.15, 0.2) is 6.29 Å². The Morgan fingerprint density at radius 3 is 2.27 bits per heavy atom. The third kappa shape index (κ3) is 6.68. The van der Waals surface area contributed by atoms with Crippen LogP contribution in [0.25, 0.3) is 0 Å². The van der Waals surface area contributed by atoms with Gasteiger partial charge in [0.25, 0.3) is 0 Å². The number of aliphatic hydroxyl groups is 2. The molecule has 3 N–H and O–H groups in total. The maximum absolute atomic E-state index is 11.5. The predicted molar refractivity (Wildman–Crippen MR) is 218 cm³/mol. The van der Waals surface area contributed by atoms with Gasteiger partial charge >= 0.3 is 0 Å². The van der Waals surface area contributed by atoms with Crippen molar-refractivity contribution in [3.8, 4) is 0 Å². The molecule has 0 bridgehead atoms. The number of rotatable bonds is 9. The van der Waals surface area contributed by atoms with E-state index in [2.05, 4.69) is 46.0 Å². The lowest BCUT2D eigenvalue weighted by molar-refractivity contribution is -0.321. The first-order chi connectivity index (χ1) is 26.9. The van der Waals surface area contributed by atoms with Gasteiger partial charge in [-0.1, -0.05) is 107 Å². The number of hydrogen-bond donors (Lipinski definition) is 3. The summed E-state index contributed by atoms with van der Waals surface area (Å²) in [7, 11) is 0. The van der Waals surface area contributed by atoms with Gasteiger partial charge in [-0.3, -0.25) is 0 Å². The molecule has 1 spiro atoms. The minimum atomic E-state index is -1.23. The summed E-state index contributed by atoms with van der Waals surface area (Å²) in [5, 5.41) is 27.2. The summed E-state index contributed by atoms with van der Waals surface area (Å²) < 4.78 is 25.6. The van der Waals surface area contributed by atoms with Crippen molar-refractivity contribution < 1.29 is 29.2 Å². The Labute approximate surface area is 336 Å². The summed E-state index contributed by atoms with van der Waals surface area (Å²) in [5.74, 6) is 4.71. The third-order valence-electron chi connectivity index (χ3n) is 17.5. The Morgan fingerprint density at radius 2 is 1.55 bits per heavy atom. The Hall–Kier alpha value is -2.10. The van der Waals surface area contributed by atoms with Crippen LogP contribution >= 0.6 is 0 Å². The summed E-state index contributed by atoms with van der Waals surface area (Å²) in [4.78, 5) is 0. The van der Waals surface area contributed by atoms with Gasteiger partial charge in [-0.25, -0.2) is 0 Å². The summed E-state index contributed by atoms with van der Waals surface area (Å²) in [5.41, 5.74) is 4.87. The molecule has 0 radical (unpaired) electrons. The van der Waals surface area contributed by atoms with Crippen LogP contribution in [0.4, 0.5) is 0 Å². The molecule has 2 aromatic carbocycles. The smallest absolute Gasteiger partial charge is 0.186 e. The van der Waals surface area contributed by atoms with Crippen LogP contribution in [0.2, 0.25) is 0 Å². The van der Waals surface area contributed by atoms with Gasteiger partial charge in [-0.2, -0.15) is 0 Å². The number of piperidine rings is 1. The van der Waals surface area contributed by atoms with Crippen molar-refractivity contribution in [3.63, 3.8) is 0 Å². The van der Waals surface area contributed by atoms with Crippen LogP contribution in [0.3, 0.4) is 0 Å². The summed E-state index contributed by atoms with van der Waals surface area (Å²) in [6.07, 6.45) is 10.0. The molecule has 7 aliphatic rings. The standard InChI is InChI=1S/C49H69NO6/c1-31-16-23-49(50-27-31)26-35-24-40-47(4)20-17-36-25-37(18-21-46(36,3)39(47)19-22-48(40,5)41(35)32(49)2)55-45-43(52)42(51)44(54-29-34-14-10-7-11-15-34)38(56-45)30-53-28-33-12-8-6-9-13-33/h6-15,17,31-32,35,37-45,50-52H,16,18-30H2,1-5H3/t31-,32+,35-,37+,38-,39-,40+,41+,42-,43-,44+,45-,46+,47-,48+,49+/m1/s1. The van der Waals surface area contributed by atoms with Gasteiger partial charge in [0.05, 0.1) is 25.9 Å². The zero-order chi connectivity index (χ0) is 38.9. The van der Waals surface area contributed by atoms with Crippen LogP contribution in [-0.4, -0.2) is 65.7 Å². The molecule has 5 aliphatic carbocycles. The van der Waals surface area contributed by atoms with Crippen LogP contribution in [0, 0.1) is 51.8 Å². The van der Waals surface area contributed by atoms with Crippen LogP contribution in [0.1, 0.15) is 110 Å². The van der Waals surface area contributed by atoms with E-state index in [-0.39, 0.29) is 18.1 Å². The van der Waals surface area contributed by atoms with Gasteiger partial charge in [-0.05, 0) is 134 Å². The zero-order valence-corrected chi connectivity index (χ0v) is 34.7. The first-order valence-electron chi connectivity index (χ1n) is 22.3. The molecule has 0 amide bonds. The van der Waals surface area contributed by atoms with E-state index in [1.54, 1.807) is 5.57 Å². The highest BCUT2D eigenvalue weighted by molar-refractivity contribution is 5.29. The summed E-state index contributed by atoms with van der Waals surface area (Å²) in [6, 6.07) is 19.9. The highest BCUT2D eigenvalue weighted by atomic mass is 16.7. The van der Waals surface area contributed by atoms with Crippen molar-refractivity contribution in [1.29, 1.82) is 0 Å². The van der Waals surface area contributed by atoms with Gasteiger partial charge < -0.3 is 34.5 Å². The van der Waals surface area contributed by atoms with Crippen LogP contribution < -0.4 is 5.32 Å². The SMILES string of the molecule is C[C@@H]1CC[C@@]2(C[C@H]3C[C@H]4[C@]5(C)CC=C6C[C@@H](O[C@@H]7O[C@H](COCc8ccccc8)[C@H](OCc8ccccc8)[C@H](O)[C@H]7O)CC[C@]6(C)[C@H]5CC[C@]4(C)[C@H]3[C@@H]2C)NC1. The molecular formula is C49H69NO6. The van der Waals surface area contributed by atoms with E-state index in [0.717, 1.165) is 66.4 Å². The zero-order valence-electron chi connectivity index (χ0n) is 34.7. The van der Waals surface area contributed by atoms with E-state index in [1.165, 1.54) is 45.1 Å². The molecule has 4 saturated carbocycles. The maximum atomic E-state index is 11.5. The molecule has 2 saturated heterocycles. The number of aliphatic hydroxyl groups excluding tert-OH is 2. The highest BCUT2D eigenvalue weighted by Gasteiger charge is 2.70. The highest BCUT2D eigenvalue weighted by Crippen LogP contribution is 2.75. The second-order valence-electron chi connectivity index (χ2n) is 20.5. The van der Waals surface area contributed by atoms with Gasteiger partial charge in [0, 0.05) is 5.54 Å². The Bertz CT molecular complexity index is 1690. The molecule has 2 aliphatic heterocycles. The van der Waals surface area contributed by atoms with E-state index < -0.39 is 30.7 Å². The molecule has 2 heterocycles. The maximum Gasteiger partial charge on any atom is 0.186 e. The van der Waals surface area contributed by atoms with Crippen molar-refractivity contribution in [2.75, 3.05) is 13.2 Å². The largest absolute Gasteiger partial charge is 0.387 e. The van der Waals surface area contributed by atoms with Crippen molar-refractivity contribution in [2.24, 2.45) is 51.8 Å². The second-order valence-corrected chi connectivity index (χ2v) is 20.5. The summed E-state index contributed by atoms with van der Waals surface area (Å²) >= 11 is 0. The van der Waals surface area contributed by atoms with Crippen LogP contribution in [0.15, 0.2) is 72.3 Å². The first kappa shape index (κ1) is 39.4. The number of nitrogens with one attached hydrogen (secondary N) is 1. The first-order valence-corrected chi connectivity index (χ1v) is 22.3.